The molecule has 0 unspecified atom stereocenters. The maximum absolute atomic E-state index is 11.0. The molecule has 0 spiro atoms. The number of hydrogen-bond donors (Lipinski definition) is 3. The lowest BCUT2D eigenvalue weighted by molar-refractivity contribution is -0.901. The van der Waals surface area contributed by atoms with Crippen molar-refractivity contribution < 1.29 is 14.4 Å². The molecule has 0 saturated carbocycles. The van der Waals surface area contributed by atoms with Gasteiger partial charge in [-0.25, -0.2) is 0 Å². The van der Waals surface area contributed by atoms with Crippen molar-refractivity contribution in [1.29, 1.82) is 0 Å². The Hall–Kier alpha value is -1.66. The monoisotopic (exact) mass is 378 g/mol. The van der Waals surface area contributed by atoms with Crippen LogP contribution < -0.4 is 15.5 Å². The van der Waals surface area contributed by atoms with E-state index >= 15 is 0 Å². The zero-order valence-corrected chi connectivity index (χ0v) is 16.6. The highest BCUT2D eigenvalue weighted by Gasteiger charge is 2.16. The first-order valence-electron chi connectivity index (χ1n) is 9.68. The fraction of sp³-hybridized carbons (Fsp3) is 0.600. The maximum Gasteiger partial charge on any atom is 0.305 e. The van der Waals surface area contributed by atoms with Crippen molar-refractivity contribution in [2.24, 2.45) is 0 Å². The molecule has 1 heterocycles. The number of thiocarbonyl (C=S) groups is 1. The Labute approximate surface area is 162 Å². The van der Waals surface area contributed by atoms with E-state index in [1.165, 1.54) is 44.2 Å². The highest BCUT2D eigenvalue weighted by molar-refractivity contribution is 7.80. The highest BCUT2D eigenvalue weighted by atomic mass is 32.1. The van der Waals surface area contributed by atoms with Crippen LogP contribution in [0.25, 0.3) is 0 Å². The third kappa shape index (κ3) is 7.70. The Morgan fingerprint density at radius 1 is 1.12 bits per heavy atom. The van der Waals surface area contributed by atoms with E-state index in [1.54, 1.807) is 4.90 Å². The zero-order valence-electron chi connectivity index (χ0n) is 15.8. The van der Waals surface area contributed by atoms with Crippen LogP contribution in [-0.2, 0) is 22.6 Å². The maximum atomic E-state index is 11.0. The number of methoxy groups -OCH3 is 1. The fourth-order valence-corrected chi connectivity index (χ4v) is 3.51. The number of ether oxygens (including phenoxy) is 1. The summed E-state index contributed by atoms with van der Waals surface area (Å²) in [5, 5.41) is 7.26. The summed E-state index contributed by atoms with van der Waals surface area (Å²) in [4.78, 5) is 12.7. The van der Waals surface area contributed by atoms with Crippen LogP contribution in [0.1, 0.15) is 49.7 Å². The minimum atomic E-state index is -0.135. The third-order valence-electron chi connectivity index (χ3n) is 4.88. The molecule has 0 amide bonds. The van der Waals surface area contributed by atoms with Crippen LogP contribution in [0.3, 0.4) is 0 Å². The second-order valence-corrected chi connectivity index (χ2v) is 7.31. The summed E-state index contributed by atoms with van der Waals surface area (Å²) < 4.78 is 4.63. The molecule has 0 radical (unpaired) electrons. The Morgan fingerprint density at radius 3 is 2.58 bits per heavy atom. The molecule has 1 aliphatic heterocycles. The summed E-state index contributed by atoms with van der Waals surface area (Å²) in [7, 11) is 1.43. The van der Waals surface area contributed by atoms with Crippen molar-refractivity contribution in [3.63, 3.8) is 0 Å². The predicted octanol–water partition coefficient (Wildman–Crippen LogP) is 1.56. The van der Waals surface area contributed by atoms with E-state index in [4.69, 9.17) is 12.2 Å². The van der Waals surface area contributed by atoms with E-state index in [9.17, 15) is 4.79 Å². The summed E-state index contributed by atoms with van der Waals surface area (Å²) >= 11 is 5.38. The highest BCUT2D eigenvalue weighted by Crippen LogP contribution is 2.08. The number of benzene rings is 1. The molecule has 1 aliphatic rings. The Kier molecular flexibility index (Phi) is 9.42. The number of likely N-dealkylation sites (tertiary alicyclic amines) is 1. The molecular weight excluding hydrogens is 346 g/mol. The molecule has 1 aromatic carbocycles. The quantitative estimate of drug-likeness (QED) is 0.328. The number of esters is 1. The Balaban J connectivity index is 1.63. The zero-order chi connectivity index (χ0) is 18.6. The second kappa shape index (κ2) is 11.9. The van der Waals surface area contributed by atoms with Gasteiger partial charge in [-0.15, -0.1) is 0 Å². The van der Waals surface area contributed by atoms with Crippen LogP contribution in [0.4, 0.5) is 0 Å². The molecule has 6 heteroatoms. The van der Waals surface area contributed by atoms with Crippen molar-refractivity contribution in [3.05, 3.63) is 35.4 Å². The van der Waals surface area contributed by atoms with Crippen LogP contribution in [0.15, 0.2) is 24.3 Å². The topological polar surface area (TPSA) is 54.8 Å². The van der Waals surface area contributed by atoms with Crippen molar-refractivity contribution in [2.75, 3.05) is 26.7 Å². The third-order valence-corrected chi connectivity index (χ3v) is 5.17. The van der Waals surface area contributed by atoms with Gasteiger partial charge in [0.05, 0.1) is 20.2 Å². The van der Waals surface area contributed by atoms with E-state index in [0.29, 0.717) is 11.5 Å². The van der Waals surface area contributed by atoms with Crippen LogP contribution in [-0.4, -0.2) is 37.8 Å². The molecule has 5 nitrogen and oxygen atoms in total. The average Bonchev–Trinajstić information content (AvgIpc) is 3.16. The number of rotatable bonds is 10. The van der Waals surface area contributed by atoms with Crippen LogP contribution in [0.2, 0.25) is 0 Å². The molecule has 1 saturated heterocycles. The number of quaternary nitrogens is 1. The van der Waals surface area contributed by atoms with Crippen molar-refractivity contribution >= 4 is 23.3 Å². The van der Waals surface area contributed by atoms with E-state index in [2.05, 4.69) is 39.6 Å². The van der Waals surface area contributed by atoms with Gasteiger partial charge in [-0.3, -0.25) is 4.79 Å². The normalized spacial score (nSPS) is 14.2. The van der Waals surface area contributed by atoms with Crippen LogP contribution in [0, 0.1) is 0 Å². The van der Waals surface area contributed by atoms with Gasteiger partial charge in [-0.2, -0.15) is 0 Å². The minimum Gasteiger partial charge on any atom is -0.469 e. The van der Waals surface area contributed by atoms with E-state index < -0.39 is 0 Å². The first-order chi connectivity index (χ1) is 12.7. The smallest absolute Gasteiger partial charge is 0.305 e. The molecule has 1 aromatic rings. The van der Waals surface area contributed by atoms with Crippen molar-refractivity contribution in [1.82, 2.24) is 10.6 Å². The summed E-state index contributed by atoms with van der Waals surface area (Å²) in [6.07, 6.45) is 6.04. The number of carbonyl (C=O) groups is 1. The van der Waals surface area contributed by atoms with Crippen molar-refractivity contribution in [2.45, 2.75) is 51.6 Å². The second-order valence-electron chi connectivity index (χ2n) is 6.90. The molecule has 1 fully saturated rings. The lowest BCUT2D eigenvalue weighted by Gasteiger charge is -2.16. The molecule has 26 heavy (non-hydrogen) atoms. The van der Waals surface area contributed by atoms with Gasteiger partial charge < -0.3 is 20.3 Å². The molecule has 144 valence electrons. The summed E-state index contributed by atoms with van der Waals surface area (Å²) in [6.45, 7) is 5.28. The first kappa shape index (κ1) is 20.6. The SMILES string of the molecule is COC(=O)CCCCCNC(=S)NCc1ccccc1C[NH+]1CCCC1. The summed E-state index contributed by atoms with van der Waals surface area (Å²) in [5.74, 6) is -0.135. The molecule has 0 atom stereocenters. The van der Waals surface area contributed by atoms with Gasteiger partial charge in [-0.1, -0.05) is 30.7 Å². The number of nitrogens with one attached hydrogen (secondary N) is 3. The van der Waals surface area contributed by atoms with E-state index in [0.717, 1.165) is 38.9 Å². The van der Waals surface area contributed by atoms with Crippen LogP contribution in [0.5, 0.6) is 0 Å². The average molecular weight is 379 g/mol. The Bertz CT molecular complexity index is 574. The summed E-state index contributed by atoms with van der Waals surface area (Å²) in [5.41, 5.74) is 2.75. The molecule has 3 N–H and O–H groups in total. The van der Waals surface area contributed by atoms with Gasteiger partial charge in [0.25, 0.3) is 0 Å². The molecular formula is C20H32N3O2S+. The Morgan fingerprint density at radius 2 is 1.85 bits per heavy atom. The summed E-state index contributed by atoms with van der Waals surface area (Å²) in [6, 6.07) is 8.64. The molecule has 0 aromatic heterocycles. The number of carbonyl (C=O) groups excluding carboxylic acids is 1. The van der Waals surface area contributed by atoms with Crippen LogP contribution >= 0.6 is 12.2 Å². The van der Waals surface area contributed by atoms with Gasteiger partial charge in [0.1, 0.15) is 6.54 Å². The molecule has 0 aliphatic carbocycles. The molecule has 0 bridgehead atoms. The van der Waals surface area contributed by atoms with E-state index in [-0.39, 0.29) is 5.97 Å². The van der Waals surface area contributed by atoms with E-state index in [1.807, 2.05) is 0 Å². The lowest BCUT2D eigenvalue weighted by atomic mass is 10.1. The number of hydrogen-bond acceptors (Lipinski definition) is 3. The molecule has 2 rings (SSSR count). The predicted molar refractivity (Wildman–Crippen MR) is 108 cm³/mol. The fourth-order valence-electron chi connectivity index (χ4n) is 3.34. The van der Waals surface area contributed by atoms with Gasteiger partial charge in [0.2, 0.25) is 0 Å². The van der Waals surface area contributed by atoms with Gasteiger partial charge in [0.15, 0.2) is 5.11 Å². The number of unbranched alkanes of at least 4 members (excludes halogenated alkanes) is 2. The first-order valence-corrected chi connectivity index (χ1v) is 10.1. The largest absolute Gasteiger partial charge is 0.469 e. The van der Waals surface area contributed by atoms with Gasteiger partial charge >= 0.3 is 5.97 Å². The van der Waals surface area contributed by atoms with Gasteiger partial charge in [0, 0.05) is 37.9 Å². The standard InChI is InChI=1S/C20H31N3O2S/c1-25-19(24)11-3-2-6-12-21-20(26)22-15-17-9-4-5-10-18(17)16-23-13-7-8-14-23/h4-5,9-10H,2-3,6-8,11-16H2,1H3,(H2,21,22,26)/p+1. The van der Waals surface area contributed by atoms with Crippen molar-refractivity contribution in [3.8, 4) is 0 Å². The lowest BCUT2D eigenvalue weighted by Crippen LogP contribution is -3.08. The minimum absolute atomic E-state index is 0.135. The van der Waals surface area contributed by atoms with Gasteiger partial charge in [-0.05, 0) is 30.6 Å².